The van der Waals surface area contributed by atoms with Crippen molar-refractivity contribution in [2.24, 2.45) is 10.4 Å². The van der Waals surface area contributed by atoms with Gasteiger partial charge in [-0.25, -0.2) is 0 Å². The Hall–Kier alpha value is -0.860. The van der Waals surface area contributed by atoms with Crippen LogP contribution in [-0.4, -0.2) is 51.8 Å². The van der Waals surface area contributed by atoms with Gasteiger partial charge in [-0.1, -0.05) is 20.3 Å². The number of hydrogen-bond acceptors (Lipinski definition) is 3. The number of nitrogens with zero attached hydrogens (tertiary/aromatic N) is 5. The van der Waals surface area contributed by atoms with Crippen molar-refractivity contribution in [2.45, 2.75) is 72.3 Å². The number of aromatic nitrogens is 3. The van der Waals surface area contributed by atoms with E-state index < -0.39 is 0 Å². The predicted octanol–water partition coefficient (Wildman–Crippen LogP) is 3.25. The Kier molecular flexibility index (Phi) is 8.16. The first-order chi connectivity index (χ1) is 12.1. The zero-order chi connectivity index (χ0) is 17.7. The van der Waals surface area contributed by atoms with Gasteiger partial charge in [-0.05, 0) is 38.0 Å². The summed E-state index contributed by atoms with van der Waals surface area (Å²) in [6, 6.07) is 0. The first kappa shape index (κ1) is 21.4. The van der Waals surface area contributed by atoms with Crippen molar-refractivity contribution in [3.8, 4) is 0 Å². The molecule has 0 atom stereocenters. The third kappa shape index (κ3) is 5.57. The number of guanidine groups is 1. The first-order valence-electron chi connectivity index (χ1n) is 10.0. The summed E-state index contributed by atoms with van der Waals surface area (Å²) in [5.74, 6) is 3.41. The number of halogens is 1. The topological polar surface area (TPSA) is 58.3 Å². The lowest BCUT2D eigenvalue weighted by atomic mass is 9.93. The van der Waals surface area contributed by atoms with Crippen molar-refractivity contribution in [3.05, 3.63) is 11.6 Å². The third-order valence-corrected chi connectivity index (χ3v) is 5.32. The molecule has 148 valence electrons. The maximum absolute atomic E-state index is 4.87. The van der Waals surface area contributed by atoms with Crippen LogP contribution in [0.3, 0.4) is 0 Å². The molecule has 3 heterocycles. The van der Waals surface area contributed by atoms with Gasteiger partial charge in [-0.3, -0.25) is 4.99 Å². The van der Waals surface area contributed by atoms with Gasteiger partial charge < -0.3 is 14.8 Å². The molecule has 0 unspecified atom stereocenters. The minimum Gasteiger partial charge on any atom is -0.357 e. The van der Waals surface area contributed by atoms with E-state index in [2.05, 4.69) is 45.8 Å². The van der Waals surface area contributed by atoms with Crippen LogP contribution in [0.15, 0.2) is 4.99 Å². The summed E-state index contributed by atoms with van der Waals surface area (Å²) in [5.41, 5.74) is 0.398. The molecule has 0 spiro atoms. The van der Waals surface area contributed by atoms with Crippen LogP contribution in [0.5, 0.6) is 0 Å². The van der Waals surface area contributed by atoms with E-state index in [4.69, 9.17) is 4.99 Å². The van der Waals surface area contributed by atoms with Crippen molar-refractivity contribution >= 4 is 29.9 Å². The van der Waals surface area contributed by atoms with Crippen LogP contribution in [0.1, 0.15) is 64.5 Å². The van der Waals surface area contributed by atoms with Crippen LogP contribution in [0.25, 0.3) is 0 Å². The number of hydrogen-bond donors (Lipinski definition) is 1. The van der Waals surface area contributed by atoms with Crippen molar-refractivity contribution in [3.63, 3.8) is 0 Å². The second kappa shape index (κ2) is 9.90. The highest BCUT2D eigenvalue weighted by molar-refractivity contribution is 14.0. The number of aliphatic imine (C=N–C) groups is 1. The van der Waals surface area contributed by atoms with Crippen LogP contribution >= 0.6 is 24.0 Å². The molecule has 7 heteroatoms. The molecule has 26 heavy (non-hydrogen) atoms. The Morgan fingerprint density at radius 2 is 2.04 bits per heavy atom. The van der Waals surface area contributed by atoms with Gasteiger partial charge in [0, 0.05) is 45.6 Å². The normalized spacial score (nSPS) is 19.7. The quantitative estimate of drug-likeness (QED) is 0.308. The molecule has 0 saturated carbocycles. The molecule has 0 radical (unpaired) electrons. The van der Waals surface area contributed by atoms with E-state index in [9.17, 15) is 0 Å². The van der Waals surface area contributed by atoms with E-state index in [1.54, 1.807) is 0 Å². The summed E-state index contributed by atoms with van der Waals surface area (Å²) in [6.45, 7) is 11.9. The standard InChI is InChI=1S/C19H34N6.HI/c1-4-20-18(24-14-11-19(2,3)15-24)21-12-8-10-17-23-22-16-9-6-5-7-13-25(16)17;/h4-15H2,1-3H3,(H,20,21);1H. The summed E-state index contributed by atoms with van der Waals surface area (Å²) in [7, 11) is 0. The SMILES string of the molecule is CCNC(=NCCCc1nnc2n1CCCCC2)N1CCC(C)(C)C1.I. The Bertz CT molecular complexity index is 595. The molecule has 2 aliphatic rings. The van der Waals surface area contributed by atoms with Crippen LogP contribution in [0.4, 0.5) is 0 Å². The molecular formula is C19H35IN6. The molecule has 0 bridgehead atoms. The number of nitrogens with one attached hydrogen (secondary N) is 1. The Labute approximate surface area is 175 Å². The Morgan fingerprint density at radius 1 is 1.19 bits per heavy atom. The van der Waals surface area contributed by atoms with Gasteiger partial charge in [0.1, 0.15) is 11.6 Å². The summed E-state index contributed by atoms with van der Waals surface area (Å²) < 4.78 is 2.35. The van der Waals surface area contributed by atoms with E-state index >= 15 is 0 Å². The lowest BCUT2D eigenvalue weighted by Gasteiger charge is -2.23. The maximum Gasteiger partial charge on any atom is 0.193 e. The fourth-order valence-electron chi connectivity index (χ4n) is 3.87. The highest BCUT2D eigenvalue weighted by Gasteiger charge is 2.30. The largest absolute Gasteiger partial charge is 0.357 e. The molecule has 1 fully saturated rings. The smallest absolute Gasteiger partial charge is 0.193 e. The van der Waals surface area contributed by atoms with E-state index in [1.165, 1.54) is 31.5 Å². The van der Waals surface area contributed by atoms with Crippen molar-refractivity contribution in [2.75, 3.05) is 26.2 Å². The maximum atomic E-state index is 4.87. The van der Waals surface area contributed by atoms with Crippen LogP contribution in [-0.2, 0) is 19.4 Å². The van der Waals surface area contributed by atoms with Crippen LogP contribution < -0.4 is 5.32 Å². The van der Waals surface area contributed by atoms with Gasteiger partial charge in [0.2, 0.25) is 0 Å². The minimum atomic E-state index is 0. The zero-order valence-corrected chi connectivity index (χ0v) is 19.0. The van der Waals surface area contributed by atoms with Gasteiger partial charge in [0.05, 0.1) is 0 Å². The molecule has 6 nitrogen and oxygen atoms in total. The molecular weight excluding hydrogens is 439 g/mol. The van der Waals surface area contributed by atoms with E-state index in [0.717, 1.165) is 63.8 Å². The predicted molar refractivity (Wildman–Crippen MR) is 117 cm³/mol. The fraction of sp³-hybridized carbons (Fsp3) is 0.842. The summed E-state index contributed by atoms with van der Waals surface area (Å²) in [6.07, 6.45) is 8.15. The molecule has 2 aliphatic heterocycles. The number of fused-ring (bicyclic) bond motifs is 1. The average molecular weight is 474 g/mol. The summed E-state index contributed by atoms with van der Waals surface area (Å²) in [4.78, 5) is 7.27. The minimum absolute atomic E-state index is 0. The molecule has 1 saturated heterocycles. The highest BCUT2D eigenvalue weighted by Crippen LogP contribution is 2.28. The van der Waals surface area contributed by atoms with Crippen molar-refractivity contribution < 1.29 is 0 Å². The molecule has 0 amide bonds. The summed E-state index contributed by atoms with van der Waals surface area (Å²) >= 11 is 0. The van der Waals surface area contributed by atoms with Crippen molar-refractivity contribution in [1.82, 2.24) is 25.0 Å². The second-order valence-corrected chi connectivity index (χ2v) is 8.17. The van der Waals surface area contributed by atoms with Gasteiger partial charge >= 0.3 is 0 Å². The van der Waals surface area contributed by atoms with E-state index in [0.29, 0.717) is 5.41 Å². The lowest BCUT2D eigenvalue weighted by molar-refractivity contribution is 0.370. The zero-order valence-electron chi connectivity index (χ0n) is 16.6. The first-order valence-corrected chi connectivity index (χ1v) is 10.0. The van der Waals surface area contributed by atoms with Gasteiger partial charge in [-0.2, -0.15) is 0 Å². The van der Waals surface area contributed by atoms with E-state index in [1.807, 2.05) is 0 Å². The second-order valence-electron chi connectivity index (χ2n) is 8.17. The van der Waals surface area contributed by atoms with Crippen molar-refractivity contribution in [1.29, 1.82) is 0 Å². The van der Waals surface area contributed by atoms with Crippen LogP contribution in [0, 0.1) is 5.41 Å². The number of aryl methyl sites for hydroxylation is 2. The number of likely N-dealkylation sites (tertiary alicyclic amines) is 1. The highest BCUT2D eigenvalue weighted by atomic mass is 127. The summed E-state index contributed by atoms with van der Waals surface area (Å²) in [5, 5.41) is 12.3. The van der Waals surface area contributed by atoms with Crippen LogP contribution in [0.2, 0.25) is 0 Å². The molecule has 0 aromatic carbocycles. The van der Waals surface area contributed by atoms with Gasteiger partial charge in [0.25, 0.3) is 0 Å². The molecule has 1 N–H and O–H groups in total. The average Bonchev–Trinajstić information content (AvgIpc) is 3.04. The Morgan fingerprint density at radius 3 is 2.77 bits per heavy atom. The molecule has 3 rings (SSSR count). The Balaban J connectivity index is 0.00000243. The van der Waals surface area contributed by atoms with Gasteiger partial charge in [-0.15, -0.1) is 34.2 Å². The molecule has 1 aromatic heterocycles. The van der Waals surface area contributed by atoms with E-state index in [-0.39, 0.29) is 24.0 Å². The molecule has 0 aliphatic carbocycles. The monoisotopic (exact) mass is 474 g/mol. The lowest BCUT2D eigenvalue weighted by Crippen LogP contribution is -2.40. The molecule has 1 aromatic rings. The third-order valence-electron chi connectivity index (χ3n) is 5.32. The number of rotatable bonds is 5. The fourth-order valence-corrected chi connectivity index (χ4v) is 3.87. The van der Waals surface area contributed by atoms with Gasteiger partial charge in [0.15, 0.2) is 5.96 Å².